The first-order chi connectivity index (χ1) is 12.2. The monoisotopic (exact) mass is 333 g/mol. The van der Waals surface area contributed by atoms with Gasteiger partial charge in [-0.3, -0.25) is 4.90 Å². The molecule has 2 saturated heterocycles. The molecule has 1 N–H and O–H groups in total. The molecule has 25 heavy (non-hydrogen) atoms. The van der Waals surface area contributed by atoms with Crippen molar-refractivity contribution in [2.24, 2.45) is 0 Å². The average molecular weight is 333 g/mol. The van der Waals surface area contributed by atoms with E-state index in [0.29, 0.717) is 36.3 Å². The maximum Gasteiger partial charge on any atom is 0.140 e. The van der Waals surface area contributed by atoms with Gasteiger partial charge in [-0.1, -0.05) is 42.8 Å². The van der Waals surface area contributed by atoms with Crippen molar-refractivity contribution in [2.75, 3.05) is 0 Å². The summed E-state index contributed by atoms with van der Waals surface area (Å²) >= 11 is 0. The summed E-state index contributed by atoms with van der Waals surface area (Å²) in [6.07, 6.45) is 4.84. The zero-order chi connectivity index (χ0) is 17.3. The number of pyridine rings is 1. The van der Waals surface area contributed by atoms with Gasteiger partial charge in [0.05, 0.1) is 5.69 Å². The average Bonchev–Trinajstić information content (AvgIpc) is 2.64. The number of fused-ring (bicyclic) bond motifs is 2. The number of piperidine rings is 2. The second-order valence-corrected chi connectivity index (χ2v) is 7.36. The third-order valence-corrected chi connectivity index (χ3v) is 5.71. The summed E-state index contributed by atoms with van der Waals surface area (Å²) in [5.74, 6) is 0. The lowest BCUT2D eigenvalue weighted by molar-refractivity contribution is -0.102. The number of hydrogen-bond donors (Lipinski definition) is 1. The first-order valence-electron chi connectivity index (χ1n) is 9.08. The lowest BCUT2D eigenvalue weighted by Gasteiger charge is -2.52. The molecule has 1 aromatic carbocycles. The molecule has 0 radical (unpaired) electrons. The van der Waals surface area contributed by atoms with Crippen LogP contribution in [-0.2, 0) is 12.1 Å². The third kappa shape index (κ3) is 3.18. The van der Waals surface area contributed by atoms with E-state index in [4.69, 9.17) is 5.26 Å². The van der Waals surface area contributed by atoms with Gasteiger partial charge in [-0.15, -0.1) is 0 Å². The van der Waals surface area contributed by atoms with E-state index >= 15 is 0 Å². The van der Waals surface area contributed by atoms with Crippen LogP contribution in [0.1, 0.15) is 49.1 Å². The molecule has 2 aliphatic heterocycles. The molecule has 4 nitrogen and oxygen atoms in total. The van der Waals surface area contributed by atoms with Crippen LogP contribution in [0.3, 0.4) is 0 Å². The minimum absolute atomic E-state index is 0.366. The van der Waals surface area contributed by atoms with Crippen LogP contribution in [-0.4, -0.2) is 27.1 Å². The van der Waals surface area contributed by atoms with E-state index in [1.54, 1.807) is 6.07 Å². The molecule has 2 bridgehead atoms. The lowest BCUT2D eigenvalue weighted by Crippen LogP contribution is -2.56. The highest BCUT2D eigenvalue weighted by Gasteiger charge is 2.46. The minimum Gasteiger partial charge on any atom is -0.383 e. The molecule has 4 rings (SSSR count). The van der Waals surface area contributed by atoms with Gasteiger partial charge in [0.25, 0.3) is 0 Å². The van der Waals surface area contributed by atoms with Crippen molar-refractivity contribution in [3.05, 3.63) is 65.5 Å². The molecule has 1 aromatic heterocycles. The molecule has 2 aliphatic rings. The van der Waals surface area contributed by atoms with Crippen molar-refractivity contribution < 1.29 is 5.11 Å². The van der Waals surface area contributed by atoms with Crippen LogP contribution in [0.4, 0.5) is 0 Å². The summed E-state index contributed by atoms with van der Waals surface area (Å²) in [5, 5.41) is 20.5. The fourth-order valence-corrected chi connectivity index (χ4v) is 4.54. The summed E-state index contributed by atoms with van der Waals surface area (Å²) in [4.78, 5) is 6.96. The van der Waals surface area contributed by atoms with Gasteiger partial charge < -0.3 is 5.11 Å². The van der Waals surface area contributed by atoms with Crippen LogP contribution in [0.25, 0.3) is 0 Å². The van der Waals surface area contributed by atoms with Crippen LogP contribution in [0.15, 0.2) is 48.5 Å². The van der Waals surface area contributed by atoms with Crippen LogP contribution >= 0.6 is 0 Å². The van der Waals surface area contributed by atoms with E-state index in [2.05, 4.69) is 40.2 Å². The highest BCUT2D eigenvalue weighted by molar-refractivity contribution is 5.26. The van der Waals surface area contributed by atoms with Crippen molar-refractivity contribution >= 4 is 0 Å². The summed E-state index contributed by atoms with van der Waals surface area (Å²) in [6, 6.07) is 18.8. The van der Waals surface area contributed by atoms with Crippen LogP contribution < -0.4 is 0 Å². The Morgan fingerprint density at radius 1 is 1.08 bits per heavy atom. The minimum atomic E-state index is -0.921. The van der Waals surface area contributed by atoms with Crippen molar-refractivity contribution in [1.82, 2.24) is 9.88 Å². The van der Waals surface area contributed by atoms with Crippen molar-refractivity contribution in [3.63, 3.8) is 0 Å². The van der Waals surface area contributed by atoms with Crippen molar-refractivity contribution in [1.29, 1.82) is 5.26 Å². The number of hydrogen-bond acceptors (Lipinski definition) is 4. The van der Waals surface area contributed by atoms with E-state index in [0.717, 1.165) is 19.4 Å². The van der Waals surface area contributed by atoms with Gasteiger partial charge >= 0.3 is 0 Å². The highest BCUT2D eigenvalue weighted by Crippen LogP contribution is 2.44. The summed E-state index contributed by atoms with van der Waals surface area (Å²) in [5.41, 5.74) is 1.44. The zero-order valence-corrected chi connectivity index (χ0v) is 14.3. The highest BCUT2D eigenvalue weighted by atomic mass is 16.3. The van der Waals surface area contributed by atoms with Crippen LogP contribution in [0.2, 0.25) is 0 Å². The fraction of sp³-hybridized carbons (Fsp3) is 0.429. The van der Waals surface area contributed by atoms with Gasteiger partial charge in [0.1, 0.15) is 17.4 Å². The predicted molar refractivity (Wildman–Crippen MR) is 95.5 cm³/mol. The molecular weight excluding hydrogens is 310 g/mol. The Labute approximate surface area is 148 Å². The Morgan fingerprint density at radius 3 is 2.48 bits per heavy atom. The quantitative estimate of drug-likeness (QED) is 0.936. The maximum absolute atomic E-state index is 11.4. The smallest absolute Gasteiger partial charge is 0.140 e. The Kier molecular flexibility index (Phi) is 4.29. The number of nitrogens with zero attached hydrogens (tertiary/aromatic N) is 3. The molecule has 0 amide bonds. The van der Waals surface area contributed by atoms with E-state index in [9.17, 15) is 5.11 Å². The van der Waals surface area contributed by atoms with Crippen LogP contribution in [0.5, 0.6) is 0 Å². The molecule has 3 heterocycles. The third-order valence-electron chi connectivity index (χ3n) is 5.71. The lowest BCUT2D eigenvalue weighted by atomic mass is 9.73. The molecular formula is C21H23N3O. The topological polar surface area (TPSA) is 60.1 Å². The summed E-state index contributed by atoms with van der Waals surface area (Å²) in [7, 11) is 0. The normalized spacial score (nSPS) is 29.1. The number of aliphatic hydroxyl groups is 1. The van der Waals surface area contributed by atoms with Gasteiger partial charge in [0.2, 0.25) is 0 Å². The zero-order valence-electron chi connectivity index (χ0n) is 14.3. The summed E-state index contributed by atoms with van der Waals surface area (Å²) < 4.78 is 0. The maximum atomic E-state index is 11.4. The Morgan fingerprint density at radius 2 is 1.80 bits per heavy atom. The second-order valence-electron chi connectivity index (χ2n) is 7.36. The van der Waals surface area contributed by atoms with E-state index in [1.165, 1.54) is 12.0 Å². The Hall–Kier alpha value is -2.22. The summed E-state index contributed by atoms with van der Waals surface area (Å²) in [6.45, 7) is 0.942. The SMILES string of the molecule is N#Cc1cccc(C2(O)CC3CCCC(C2)N3Cc2ccccc2)n1. The van der Waals surface area contributed by atoms with Gasteiger partial charge in [-0.25, -0.2) is 4.98 Å². The fourth-order valence-electron chi connectivity index (χ4n) is 4.54. The van der Waals surface area contributed by atoms with Crippen molar-refractivity contribution in [3.8, 4) is 6.07 Å². The molecule has 128 valence electrons. The predicted octanol–water partition coefficient (Wildman–Crippen LogP) is 3.36. The number of nitriles is 1. The van der Waals surface area contributed by atoms with Crippen LogP contribution in [0, 0.1) is 11.3 Å². The molecule has 0 saturated carbocycles. The number of benzene rings is 1. The Balaban J connectivity index is 1.59. The first-order valence-corrected chi connectivity index (χ1v) is 9.08. The molecule has 0 spiro atoms. The molecule has 0 aliphatic carbocycles. The van der Waals surface area contributed by atoms with E-state index in [1.807, 2.05) is 18.2 Å². The van der Waals surface area contributed by atoms with E-state index in [-0.39, 0.29) is 0 Å². The largest absolute Gasteiger partial charge is 0.383 e. The molecule has 2 unspecified atom stereocenters. The van der Waals surface area contributed by atoms with Crippen molar-refractivity contribution in [2.45, 2.75) is 56.3 Å². The van der Waals surface area contributed by atoms with Gasteiger partial charge in [-0.05, 0) is 43.4 Å². The van der Waals surface area contributed by atoms with Gasteiger partial charge in [0.15, 0.2) is 0 Å². The molecule has 4 heteroatoms. The second kappa shape index (κ2) is 6.59. The molecule has 2 aromatic rings. The number of rotatable bonds is 3. The van der Waals surface area contributed by atoms with Gasteiger partial charge in [-0.2, -0.15) is 5.26 Å². The van der Waals surface area contributed by atoms with Gasteiger partial charge in [0, 0.05) is 18.6 Å². The van der Waals surface area contributed by atoms with E-state index < -0.39 is 5.60 Å². The standard InChI is InChI=1S/C21H23N3O/c22-14-17-8-4-11-20(23-17)21(25)12-18-9-5-10-19(13-21)24(18)15-16-6-2-1-3-7-16/h1-4,6-8,11,18-19,25H,5,9-10,12-13,15H2. The first kappa shape index (κ1) is 16.3. The number of aromatic nitrogens is 1. The molecule has 2 fully saturated rings. The molecule has 2 atom stereocenters. The Bertz CT molecular complexity index is 769.